The number of hydrogen-bond donors (Lipinski definition) is 1. The molecule has 0 radical (unpaired) electrons. The summed E-state index contributed by atoms with van der Waals surface area (Å²) in [7, 11) is 0. The lowest BCUT2D eigenvalue weighted by Crippen LogP contribution is -2.35. The van der Waals surface area contributed by atoms with E-state index in [1.807, 2.05) is 0 Å². The average Bonchev–Trinajstić information content (AvgIpc) is 2.49. The molecular weight excluding hydrogens is 273 g/mol. The molecule has 0 saturated carbocycles. The lowest BCUT2D eigenvalue weighted by molar-refractivity contribution is 0.145. The number of piperidine rings is 1. The third-order valence-electron chi connectivity index (χ3n) is 3.45. The van der Waals surface area contributed by atoms with Crippen LogP contribution in [0.2, 0.25) is 0 Å². The molecule has 1 N–H and O–H groups in total. The fraction of sp³-hybridized carbons (Fsp3) is 0.333. The molecule has 110 valence electrons. The van der Waals surface area contributed by atoms with E-state index in [1.54, 1.807) is 24.5 Å². The van der Waals surface area contributed by atoms with Crippen LogP contribution in [0.5, 0.6) is 11.8 Å². The Morgan fingerprint density at radius 3 is 2.57 bits per heavy atom. The van der Waals surface area contributed by atoms with E-state index in [9.17, 15) is 9.50 Å². The molecule has 0 spiro atoms. The van der Waals surface area contributed by atoms with E-state index >= 15 is 0 Å². The van der Waals surface area contributed by atoms with Gasteiger partial charge in [-0.1, -0.05) is 6.07 Å². The molecule has 0 unspecified atom stereocenters. The van der Waals surface area contributed by atoms with E-state index < -0.39 is 0 Å². The molecule has 1 aliphatic heterocycles. The molecule has 0 amide bonds. The molecule has 21 heavy (non-hydrogen) atoms. The number of aliphatic hydroxyl groups is 1. The van der Waals surface area contributed by atoms with Crippen LogP contribution in [-0.2, 0) is 0 Å². The van der Waals surface area contributed by atoms with Crippen molar-refractivity contribution >= 4 is 5.69 Å². The van der Waals surface area contributed by atoms with Crippen molar-refractivity contribution in [2.45, 2.75) is 18.9 Å². The van der Waals surface area contributed by atoms with Crippen LogP contribution in [0.4, 0.5) is 10.1 Å². The maximum Gasteiger partial charge on any atom is 0.322 e. The molecule has 1 aromatic heterocycles. The number of aliphatic hydroxyl groups excluding tert-OH is 1. The third-order valence-corrected chi connectivity index (χ3v) is 3.45. The normalized spacial score (nSPS) is 16.0. The highest BCUT2D eigenvalue weighted by molar-refractivity contribution is 5.43. The Labute approximate surface area is 122 Å². The largest absolute Gasteiger partial charge is 0.424 e. The molecule has 2 aromatic rings. The summed E-state index contributed by atoms with van der Waals surface area (Å²) in [6.07, 6.45) is 4.65. The summed E-state index contributed by atoms with van der Waals surface area (Å²) in [5.74, 6) is -0.000149. The van der Waals surface area contributed by atoms with Gasteiger partial charge in [0.2, 0.25) is 0 Å². The number of rotatable bonds is 3. The average molecular weight is 289 g/mol. The Hall–Kier alpha value is -2.21. The fourth-order valence-electron chi connectivity index (χ4n) is 2.29. The van der Waals surface area contributed by atoms with Gasteiger partial charge in [-0.25, -0.2) is 14.4 Å². The Balaban J connectivity index is 1.66. The quantitative estimate of drug-likeness (QED) is 0.940. The monoisotopic (exact) mass is 289 g/mol. The molecular formula is C15H16FN3O2. The number of ether oxygens (including phenoxy) is 1. The second-order valence-corrected chi connectivity index (χ2v) is 5.00. The number of anilines is 1. The van der Waals surface area contributed by atoms with Gasteiger partial charge < -0.3 is 14.7 Å². The van der Waals surface area contributed by atoms with E-state index in [0.717, 1.165) is 31.6 Å². The third kappa shape index (κ3) is 3.46. The van der Waals surface area contributed by atoms with Crippen molar-refractivity contribution in [1.82, 2.24) is 9.97 Å². The standard InChI is InChI=1S/C15H16FN3O2/c16-11-2-1-3-14(8-11)21-15-17-9-12(10-18-15)19-6-4-13(20)5-7-19/h1-3,8-10,13,20H,4-7H2. The lowest BCUT2D eigenvalue weighted by Gasteiger charge is -2.30. The van der Waals surface area contributed by atoms with Crippen molar-refractivity contribution in [3.63, 3.8) is 0 Å². The second-order valence-electron chi connectivity index (χ2n) is 5.00. The van der Waals surface area contributed by atoms with Crippen molar-refractivity contribution in [2.75, 3.05) is 18.0 Å². The predicted molar refractivity (Wildman–Crippen MR) is 76.0 cm³/mol. The van der Waals surface area contributed by atoms with Crippen molar-refractivity contribution in [2.24, 2.45) is 0 Å². The van der Waals surface area contributed by atoms with Crippen LogP contribution >= 0.6 is 0 Å². The van der Waals surface area contributed by atoms with Gasteiger partial charge in [0.25, 0.3) is 0 Å². The van der Waals surface area contributed by atoms with Crippen LogP contribution in [0, 0.1) is 5.82 Å². The minimum Gasteiger partial charge on any atom is -0.424 e. The molecule has 2 heterocycles. The minimum atomic E-state index is -0.365. The van der Waals surface area contributed by atoms with Crippen LogP contribution in [0.15, 0.2) is 36.7 Å². The molecule has 1 fully saturated rings. The fourth-order valence-corrected chi connectivity index (χ4v) is 2.29. The Morgan fingerprint density at radius 2 is 1.90 bits per heavy atom. The summed E-state index contributed by atoms with van der Waals surface area (Å²) < 4.78 is 18.5. The Kier molecular flexibility index (Phi) is 3.96. The Bertz CT molecular complexity index is 598. The summed E-state index contributed by atoms with van der Waals surface area (Å²) in [4.78, 5) is 10.4. The van der Waals surface area contributed by atoms with Gasteiger partial charge in [0, 0.05) is 19.2 Å². The first-order valence-electron chi connectivity index (χ1n) is 6.89. The van der Waals surface area contributed by atoms with Crippen molar-refractivity contribution in [3.8, 4) is 11.8 Å². The molecule has 1 aromatic carbocycles. The molecule has 1 saturated heterocycles. The van der Waals surface area contributed by atoms with Crippen molar-refractivity contribution in [1.29, 1.82) is 0 Å². The van der Waals surface area contributed by atoms with Crippen LogP contribution in [-0.4, -0.2) is 34.3 Å². The van der Waals surface area contributed by atoms with Gasteiger partial charge in [-0.2, -0.15) is 0 Å². The maximum absolute atomic E-state index is 13.1. The van der Waals surface area contributed by atoms with Gasteiger partial charge >= 0.3 is 6.01 Å². The highest BCUT2D eigenvalue weighted by Gasteiger charge is 2.17. The first-order valence-corrected chi connectivity index (χ1v) is 6.89. The minimum absolute atomic E-state index is 0.182. The zero-order valence-electron chi connectivity index (χ0n) is 11.4. The van der Waals surface area contributed by atoms with Crippen LogP contribution in [0.3, 0.4) is 0 Å². The van der Waals surface area contributed by atoms with Gasteiger partial charge in [0.05, 0.1) is 24.2 Å². The zero-order chi connectivity index (χ0) is 14.7. The lowest BCUT2D eigenvalue weighted by atomic mass is 10.1. The highest BCUT2D eigenvalue weighted by atomic mass is 19.1. The summed E-state index contributed by atoms with van der Waals surface area (Å²) in [6, 6.07) is 6.02. The van der Waals surface area contributed by atoms with E-state index in [0.29, 0.717) is 5.75 Å². The van der Waals surface area contributed by atoms with Gasteiger partial charge in [0.1, 0.15) is 11.6 Å². The van der Waals surface area contributed by atoms with E-state index in [4.69, 9.17) is 4.74 Å². The highest BCUT2D eigenvalue weighted by Crippen LogP contribution is 2.22. The van der Waals surface area contributed by atoms with E-state index in [1.165, 1.54) is 12.1 Å². The number of benzene rings is 1. The van der Waals surface area contributed by atoms with Crippen molar-refractivity contribution < 1.29 is 14.2 Å². The topological polar surface area (TPSA) is 58.5 Å². The number of halogens is 1. The van der Waals surface area contributed by atoms with Crippen LogP contribution in [0.1, 0.15) is 12.8 Å². The van der Waals surface area contributed by atoms with Gasteiger partial charge in [-0.15, -0.1) is 0 Å². The van der Waals surface area contributed by atoms with Crippen LogP contribution < -0.4 is 9.64 Å². The van der Waals surface area contributed by atoms with Gasteiger partial charge in [0.15, 0.2) is 0 Å². The summed E-state index contributed by atoms with van der Waals surface area (Å²) in [6.45, 7) is 1.57. The summed E-state index contributed by atoms with van der Waals surface area (Å²) in [5.41, 5.74) is 0.897. The number of hydrogen-bond acceptors (Lipinski definition) is 5. The SMILES string of the molecule is OC1CCN(c2cnc(Oc3cccc(F)c3)nc2)CC1. The molecule has 0 atom stereocenters. The number of nitrogens with zero attached hydrogens (tertiary/aromatic N) is 3. The predicted octanol–water partition coefficient (Wildman–Crippen LogP) is 2.37. The van der Waals surface area contributed by atoms with Crippen LogP contribution in [0.25, 0.3) is 0 Å². The van der Waals surface area contributed by atoms with Gasteiger partial charge in [-0.3, -0.25) is 0 Å². The van der Waals surface area contributed by atoms with E-state index in [-0.39, 0.29) is 17.9 Å². The van der Waals surface area contributed by atoms with Crippen molar-refractivity contribution in [3.05, 3.63) is 42.5 Å². The Morgan fingerprint density at radius 1 is 1.19 bits per heavy atom. The smallest absolute Gasteiger partial charge is 0.322 e. The van der Waals surface area contributed by atoms with Gasteiger partial charge in [-0.05, 0) is 25.0 Å². The van der Waals surface area contributed by atoms with E-state index in [2.05, 4.69) is 14.9 Å². The molecule has 1 aliphatic rings. The zero-order valence-corrected chi connectivity index (χ0v) is 11.4. The molecule has 0 bridgehead atoms. The first-order chi connectivity index (χ1) is 10.2. The number of aromatic nitrogens is 2. The summed E-state index contributed by atoms with van der Waals surface area (Å²) in [5, 5.41) is 9.50. The summed E-state index contributed by atoms with van der Waals surface area (Å²) >= 11 is 0. The molecule has 0 aliphatic carbocycles. The second kappa shape index (κ2) is 6.05. The molecule has 3 rings (SSSR count). The maximum atomic E-state index is 13.1. The molecule has 5 nitrogen and oxygen atoms in total. The molecule has 6 heteroatoms. The first kappa shape index (κ1) is 13.8.